The molecule has 2 aromatic rings. The molecule has 17 heavy (non-hydrogen) atoms. The van der Waals surface area contributed by atoms with Crippen LogP contribution in [0.5, 0.6) is 5.75 Å². The van der Waals surface area contributed by atoms with Gasteiger partial charge in [0.05, 0.1) is 7.11 Å². The average molecular weight is 234 g/mol. The summed E-state index contributed by atoms with van der Waals surface area (Å²) in [6.07, 6.45) is 0. The van der Waals surface area contributed by atoms with E-state index in [1.54, 1.807) is 19.1 Å². The Morgan fingerprint density at radius 3 is 2.59 bits per heavy atom. The predicted molar refractivity (Wildman–Crippen MR) is 59.8 cm³/mol. The van der Waals surface area contributed by atoms with Gasteiger partial charge in [-0.05, 0) is 37.3 Å². The van der Waals surface area contributed by atoms with Gasteiger partial charge >= 0.3 is 0 Å². The van der Waals surface area contributed by atoms with Gasteiger partial charge in [0.25, 0.3) is 0 Å². The van der Waals surface area contributed by atoms with Crippen molar-refractivity contribution in [2.45, 2.75) is 6.92 Å². The highest BCUT2D eigenvalue weighted by molar-refractivity contribution is 6.07. The van der Waals surface area contributed by atoms with Crippen LogP contribution >= 0.6 is 0 Å². The van der Waals surface area contributed by atoms with Crippen LogP contribution in [0.3, 0.4) is 0 Å². The van der Waals surface area contributed by atoms with Crippen molar-refractivity contribution >= 4 is 5.78 Å². The van der Waals surface area contributed by atoms with E-state index in [0.29, 0.717) is 5.76 Å². The second kappa shape index (κ2) is 4.41. The fraction of sp³-hybridized carbons (Fsp3) is 0.154. The van der Waals surface area contributed by atoms with Gasteiger partial charge in [-0.25, -0.2) is 4.39 Å². The lowest BCUT2D eigenvalue weighted by Crippen LogP contribution is -2.01. The van der Waals surface area contributed by atoms with Crippen molar-refractivity contribution in [3.05, 3.63) is 53.2 Å². The molecule has 0 unspecified atom stereocenters. The van der Waals surface area contributed by atoms with Gasteiger partial charge in [0.2, 0.25) is 5.78 Å². The number of carbonyl (C=O) groups excluding carboxylic acids is 1. The lowest BCUT2D eigenvalue weighted by molar-refractivity contribution is 0.101. The van der Waals surface area contributed by atoms with Gasteiger partial charge in [-0.1, -0.05) is 0 Å². The molecule has 0 atom stereocenters. The molecule has 0 radical (unpaired) electrons. The minimum atomic E-state index is -0.568. The van der Waals surface area contributed by atoms with Gasteiger partial charge in [-0.15, -0.1) is 0 Å². The number of ketones is 1. The summed E-state index contributed by atoms with van der Waals surface area (Å²) < 4.78 is 23.4. The van der Waals surface area contributed by atoms with Crippen LogP contribution < -0.4 is 4.74 Å². The van der Waals surface area contributed by atoms with Crippen LogP contribution in [0.2, 0.25) is 0 Å². The van der Waals surface area contributed by atoms with Crippen molar-refractivity contribution in [1.29, 1.82) is 0 Å². The van der Waals surface area contributed by atoms with Crippen LogP contribution in [0.15, 0.2) is 34.7 Å². The van der Waals surface area contributed by atoms with Crippen molar-refractivity contribution in [3.63, 3.8) is 0 Å². The fourth-order valence-corrected chi connectivity index (χ4v) is 1.51. The van der Waals surface area contributed by atoms with Gasteiger partial charge in [0.15, 0.2) is 17.3 Å². The number of aryl methyl sites for hydroxylation is 1. The Bertz CT molecular complexity index is 558. The molecule has 0 bridgehead atoms. The molecular weight excluding hydrogens is 223 g/mol. The van der Waals surface area contributed by atoms with E-state index in [2.05, 4.69) is 0 Å². The smallest absolute Gasteiger partial charge is 0.228 e. The Kier molecular flexibility index (Phi) is 2.95. The van der Waals surface area contributed by atoms with E-state index >= 15 is 0 Å². The number of halogens is 1. The van der Waals surface area contributed by atoms with E-state index in [1.165, 1.54) is 19.2 Å². The lowest BCUT2D eigenvalue weighted by atomic mass is 10.1. The highest BCUT2D eigenvalue weighted by atomic mass is 19.1. The zero-order valence-electron chi connectivity index (χ0n) is 9.49. The SMILES string of the molecule is COc1ccc(C(=O)c2ccc(C)o2)cc1F. The molecule has 0 aliphatic rings. The van der Waals surface area contributed by atoms with Gasteiger partial charge in [-0.3, -0.25) is 4.79 Å². The molecule has 0 N–H and O–H groups in total. The summed E-state index contributed by atoms with van der Waals surface area (Å²) in [4.78, 5) is 11.9. The maximum atomic E-state index is 13.4. The first kappa shape index (κ1) is 11.4. The third-order valence-corrected chi connectivity index (χ3v) is 2.38. The molecule has 4 heteroatoms. The molecule has 0 saturated carbocycles. The quantitative estimate of drug-likeness (QED) is 0.766. The maximum Gasteiger partial charge on any atom is 0.228 e. The van der Waals surface area contributed by atoms with Gasteiger partial charge < -0.3 is 9.15 Å². The van der Waals surface area contributed by atoms with E-state index in [0.717, 1.165) is 6.07 Å². The fourth-order valence-electron chi connectivity index (χ4n) is 1.51. The van der Waals surface area contributed by atoms with Crippen LogP contribution in [-0.4, -0.2) is 12.9 Å². The summed E-state index contributed by atoms with van der Waals surface area (Å²) >= 11 is 0. The first-order valence-corrected chi connectivity index (χ1v) is 5.06. The Morgan fingerprint density at radius 2 is 2.06 bits per heavy atom. The summed E-state index contributed by atoms with van der Waals surface area (Å²) in [7, 11) is 1.37. The third kappa shape index (κ3) is 2.20. The van der Waals surface area contributed by atoms with E-state index in [9.17, 15) is 9.18 Å². The molecular formula is C13H11FO3. The third-order valence-electron chi connectivity index (χ3n) is 2.38. The van der Waals surface area contributed by atoms with E-state index in [4.69, 9.17) is 9.15 Å². The van der Waals surface area contributed by atoms with E-state index in [-0.39, 0.29) is 22.9 Å². The zero-order chi connectivity index (χ0) is 12.4. The van der Waals surface area contributed by atoms with Crippen LogP contribution in [-0.2, 0) is 0 Å². The molecule has 0 saturated heterocycles. The first-order valence-electron chi connectivity index (χ1n) is 5.06. The minimum absolute atomic E-state index is 0.108. The molecule has 0 spiro atoms. The highest BCUT2D eigenvalue weighted by Crippen LogP contribution is 2.20. The van der Waals surface area contributed by atoms with Crippen LogP contribution in [0.25, 0.3) is 0 Å². The summed E-state index contributed by atoms with van der Waals surface area (Å²) in [5.41, 5.74) is 0.234. The largest absolute Gasteiger partial charge is 0.494 e. The summed E-state index contributed by atoms with van der Waals surface area (Å²) in [5.74, 6) is 0.0351. The number of furan rings is 1. The summed E-state index contributed by atoms with van der Waals surface area (Å²) in [6, 6.07) is 7.31. The summed E-state index contributed by atoms with van der Waals surface area (Å²) in [5, 5.41) is 0. The van der Waals surface area contributed by atoms with Crippen molar-refractivity contribution in [2.75, 3.05) is 7.11 Å². The van der Waals surface area contributed by atoms with Crippen LogP contribution in [0.4, 0.5) is 4.39 Å². The maximum absolute atomic E-state index is 13.4. The molecule has 1 heterocycles. The molecule has 0 aliphatic carbocycles. The van der Waals surface area contributed by atoms with Crippen molar-refractivity contribution in [3.8, 4) is 5.75 Å². The lowest BCUT2D eigenvalue weighted by Gasteiger charge is -2.03. The summed E-state index contributed by atoms with van der Waals surface area (Å²) in [6.45, 7) is 1.74. The van der Waals surface area contributed by atoms with Crippen LogP contribution in [0, 0.1) is 12.7 Å². The molecule has 88 valence electrons. The number of ether oxygens (including phenoxy) is 1. The Hall–Kier alpha value is -2.10. The first-order chi connectivity index (χ1) is 8.11. The van der Waals surface area contributed by atoms with Crippen molar-refractivity contribution in [2.24, 2.45) is 0 Å². The predicted octanol–water partition coefficient (Wildman–Crippen LogP) is 2.97. The standard InChI is InChI=1S/C13H11FO3/c1-8-3-5-12(17-8)13(15)9-4-6-11(16-2)10(14)7-9/h3-7H,1-2H3. The normalized spacial score (nSPS) is 10.3. The second-order valence-corrected chi connectivity index (χ2v) is 3.59. The molecule has 2 rings (SSSR count). The van der Waals surface area contributed by atoms with Gasteiger partial charge in [-0.2, -0.15) is 0 Å². The second-order valence-electron chi connectivity index (χ2n) is 3.59. The molecule has 1 aromatic carbocycles. The Morgan fingerprint density at radius 1 is 1.29 bits per heavy atom. The molecule has 0 fully saturated rings. The monoisotopic (exact) mass is 234 g/mol. The van der Waals surface area contributed by atoms with Crippen molar-refractivity contribution in [1.82, 2.24) is 0 Å². The number of carbonyl (C=O) groups is 1. The van der Waals surface area contributed by atoms with E-state index < -0.39 is 5.82 Å². The average Bonchev–Trinajstić information content (AvgIpc) is 2.75. The minimum Gasteiger partial charge on any atom is -0.494 e. The van der Waals surface area contributed by atoms with Gasteiger partial charge in [0.1, 0.15) is 5.76 Å². The van der Waals surface area contributed by atoms with E-state index in [1.807, 2.05) is 0 Å². The topological polar surface area (TPSA) is 39.4 Å². The van der Waals surface area contributed by atoms with Gasteiger partial charge in [0, 0.05) is 5.56 Å². The molecule has 0 amide bonds. The number of benzene rings is 1. The van der Waals surface area contributed by atoms with Crippen LogP contribution in [0.1, 0.15) is 21.9 Å². The zero-order valence-corrected chi connectivity index (χ0v) is 9.49. The number of rotatable bonds is 3. The molecule has 3 nitrogen and oxygen atoms in total. The van der Waals surface area contributed by atoms with Crippen molar-refractivity contribution < 1.29 is 18.3 Å². The highest BCUT2D eigenvalue weighted by Gasteiger charge is 2.15. The number of methoxy groups -OCH3 is 1. The number of hydrogen-bond acceptors (Lipinski definition) is 3. The molecule has 0 aliphatic heterocycles. The molecule has 1 aromatic heterocycles. The Balaban J connectivity index is 2.35. The number of hydrogen-bond donors (Lipinski definition) is 0. The Labute approximate surface area is 97.8 Å².